The van der Waals surface area contributed by atoms with Gasteiger partial charge in [0.1, 0.15) is 11.8 Å². The summed E-state index contributed by atoms with van der Waals surface area (Å²) in [7, 11) is 0. The molecule has 3 N–H and O–H groups in total. The van der Waals surface area contributed by atoms with E-state index >= 15 is 0 Å². The van der Waals surface area contributed by atoms with Crippen LogP contribution in [0.3, 0.4) is 0 Å². The van der Waals surface area contributed by atoms with Crippen molar-refractivity contribution in [1.82, 2.24) is 19.9 Å². The van der Waals surface area contributed by atoms with Crippen LogP contribution in [0, 0.1) is 0 Å². The highest BCUT2D eigenvalue weighted by molar-refractivity contribution is 5.87. The Hall–Kier alpha value is -2.11. The Balaban J connectivity index is 2.02. The van der Waals surface area contributed by atoms with Gasteiger partial charge >= 0.3 is 0 Å². The Bertz CT molecular complexity index is 566. The fraction of sp³-hybridized carbons (Fsp3) is 0.500. The molecule has 20 heavy (non-hydrogen) atoms. The van der Waals surface area contributed by atoms with E-state index in [-0.39, 0.29) is 0 Å². The number of unbranched alkanes of at least 4 members (excludes halogenated alkanes) is 3. The molecule has 0 saturated heterocycles. The van der Waals surface area contributed by atoms with Crippen LogP contribution in [-0.4, -0.2) is 32.8 Å². The fourth-order valence-electron chi connectivity index (χ4n) is 2.26. The number of aromatic amines is 1. The van der Waals surface area contributed by atoms with E-state index in [2.05, 4.69) is 21.9 Å². The molecule has 0 unspecified atom stereocenters. The van der Waals surface area contributed by atoms with Crippen molar-refractivity contribution in [3.05, 3.63) is 18.1 Å². The summed E-state index contributed by atoms with van der Waals surface area (Å²) < 4.78 is 0. The number of hydrogen-bond donors (Lipinski definition) is 2. The lowest BCUT2D eigenvalue weighted by molar-refractivity contribution is -0.118. The van der Waals surface area contributed by atoms with E-state index in [1.165, 1.54) is 19.2 Å². The summed E-state index contributed by atoms with van der Waals surface area (Å²) in [5.74, 6) is 0.432. The van der Waals surface area contributed by atoms with E-state index in [1.807, 2.05) is 6.20 Å². The molecule has 108 valence electrons. The molecular formula is C14H21N5O. The van der Waals surface area contributed by atoms with Gasteiger partial charge in [-0.1, -0.05) is 26.2 Å². The van der Waals surface area contributed by atoms with Crippen molar-refractivity contribution in [3.63, 3.8) is 0 Å². The molecule has 0 atom stereocenters. The summed E-state index contributed by atoms with van der Waals surface area (Å²) in [6.45, 7) is 3.50. The van der Waals surface area contributed by atoms with Gasteiger partial charge in [-0.3, -0.25) is 4.79 Å². The lowest BCUT2D eigenvalue weighted by atomic mass is 10.2. The number of amides is 1. The first-order valence-corrected chi connectivity index (χ1v) is 7.02. The van der Waals surface area contributed by atoms with Gasteiger partial charge in [0, 0.05) is 24.8 Å². The SMILES string of the molecule is CCCCCCN(C=O)Cc1c[nH]c2c(N)ncnc12. The van der Waals surface area contributed by atoms with Gasteiger partial charge in [0.25, 0.3) is 0 Å². The third-order valence-corrected chi connectivity index (χ3v) is 3.39. The third-order valence-electron chi connectivity index (χ3n) is 3.39. The number of nitrogen functional groups attached to an aromatic ring is 1. The summed E-state index contributed by atoms with van der Waals surface area (Å²) in [4.78, 5) is 24.2. The minimum atomic E-state index is 0.432. The summed E-state index contributed by atoms with van der Waals surface area (Å²) in [6.07, 6.45) is 8.79. The molecule has 0 fully saturated rings. The number of nitrogens with one attached hydrogen (secondary N) is 1. The van der Waals surface area contributed by atoms with E-state index in [1.54, 1.807) is 4.90 Å². The number of nitrogens with two attached hydrogens (primary N) is 1. The largest absolute Gasteiger partial charge is 0.382 e. The van der Waals surface area contributed by atoms with Gasteiger partial charge in [0.15, 0.2) is 5.82 Å². The van der Waals surface area contributed by atoms with E-state index in [9.17, 15) is 4.79 Å². The standard InChI is InChI=1S/C14H21N5O/c1-2-3-4-5-6-19(10-20)8-11-7-16-13-12(11)17-9-18-14(13)15/h7,9-10,16H,2-6,8H2,1H3,(H2,15,17,18). The molecule has 0 bridgehead atoms. The summed E-state index contributed by atoms with van der Waals surface area (Å²) in [6, 6.07) is 0. The van der Waals surface area contributed by atoms with E-state index in [0.29, 0.717) is 12.4 Å². The molecule has 0 aliphatic carbocycles. The van der Waals surface area contributed by atoms with Crippen LogP contribution in [0.5, 0.6) is 0 Å². The Morgan fingerprint density at radius 1 is 1.35 bits per heavy atom. The highest BCUT2D eigenvalue weighted by atomic mass is 16.1. The Morgan fingerprint density at radius 3 is 2.95 bits per heavy atom. The second kappa shape index (κ2) is 6.88. The van der Waals surface area contributed by atoms with E-state index in [4.69, 9.17) is 5.73 Å². The van der Waals surface area contributed by atoms with Crippen LogP contribution < -0.4 is 5.73 Å². The molecule has 0 radical (unpaired) electrons. The van der Waals surface area contributed by atoms with Crippen LogP contribution in [0.1, 0.15) is 38.2 Å². The maximum Gasteiger partial charge on any atom is 0.210 e. The zero-order valence-corrected chi connectivity index (χ0v) is 11.8. The van der Waals surface area contributed by atoms with Gasteiger partial charge < -0.3 is 15.6 Å². The summed E-state index contributed by atoms with van der Waals surface area (Å²) >= 11 is 0. The maximum absolute atomic E-state index is 11.2. The molecule has 0 saturated carbocycles. The lowest BCUT2D eigenvalue weighted by Crippen LogP contribution is -2.22. The van der Waals surface area contributed by atoms with Crippen LogP contribution in [0.4, 0.5) is 5.82 Å². The van der Waals surface area contributed by atoms with Crippen LogP contribution in [0.25, 0.3) is 11.0 Å². The number of hydrogen-bond acceptors (Lipinski definition) is 4. The number of nitrogens with zero attached hydrogens (tertiary/aromatic N) is 3. The second-order valence-electron chi connectivity index (χ2n) is 4.93. The van der Waals surface area contributed by atoms with Crippen molar-refractivity contribution < 1.29 is 4.79 Å². The van der Waals surface area contributed by atoms with Crippen molar-refractivity contribution in [2.45, 2.75) is 39.2 Å². The van der Waals surface area contributed by atoms with Gasteiger partial charge in [-0.2, -0.15) is 0 Å². The minimum Gasteiger partial charge on any atom is -0.382 e. The van der Waals surface area contributed by atoms with Crippen molar-refractivity contribution in [1.29, 1.82) is 0 Å². The van der Waals surface area contributed by atoms with Crippen LogP contribution in [-0.2, 0) is 11.3 Å². The molecule has 0 aromatic carbocycles. The molecule has 2 aromatic rings. The molecule has 0 spiro atoms. The molecule has 6 heteroatoms. The van der Waals surface area contributed by atoms with Crippen molar-refractivity contribution in [3.8, 4) is 0 Å². The monoisotopic (exact) mass is 275 g/mol. The maximum atomic E-state index is 11.2. The molecule has 2 rings (SSSR count). The number of fused-ring (bicyclic) bond motifs is 1. The van der Waals surface area contributed by atoms with Gasteiger partial charge in [0.2, 0.25) is 6.41 Å². The number of aromatic nitrogens is 3. The van der Waals surface area contributed by atoms with Crippen LogP contribution >= 0.6 is 0 Å². The molecule has 6 nitrogen and oxygen atoms in total. The van der Waals surface area contributed by atoms with Gasteiger partial charge in [-0.05, 0) is 6.42 Å². The van der Waals surface area contributed by atoms with Crippen molar-refractivity contribution in [2.24, 2.45) is 0 Å². The zero-order chi connectivity index (χ0) is 14.4. The first-order valence-electron chi connectivity index (χ1n) is 7.02. The molecular weight excluding hydrogens is 254 g/mol. The first-order chi connectivity index (χ1) is 9.76. The van der Waals surface area contributed by atoms with Crippen molar-refractivity contribution >= 4 is 23.3 Å². The smallest absolute Gasteiger partial charge is 0.210 e. The molecule has 0 aliphatic rings. The normalized spacial score (nSPS) is 10.8. The number of H-pyrrole nitrogens is 1. The Labute approximate surface area is 118 Å². The van der Waals surface area contributed by atoms with Crippen LogP contribution in [0.15, 0.2) is 12.5 Å². The number of anilines is 1. The molecule has 1 amide bonds. The number of carbonyl (C=O) groups is 1. The summed E-state index contributed by atoms with van der Waals surface area (Å²) in [5.41, 5.74) is 8.28. The second-order valence-corrected chi connectivity index (χ2v) is 4.93. The average Bonchev–Trinajstić information content (AvgIpc) is 2.87. The van der Waals surface area contributed by atoms with Crippen LogP contribution in [0.2, 0.25) is 0 Å². The number of carbonyl (C=O) groups excluding carboxylic acids is 1. The average molecular weight is 275 g/mol. The topological polar surface area (TPSA) is 87.9 Å². The predicted octanol–water partition coefficient (Wildman–Crippen LogP) is 2.08. The highest BCUT2D eigenvalue weighted by Gasteiger charge is 2.11. The van der Waals surface area contributed by atoms with Gasteiger partial charge in [0.05, 0.1) is 5.52 Å². The Morgan fingerprint density at radius 2 is 2.20 bits per heavy atom. The predicted molar refractivity (Wildman–Crippen MR) is 78.9 cm³/mol. The first kappa shape index (κ1) is 14.3. The zero-order valence-electron chi connectivity index (χ0n) is 11.8. The molecule has 0 aliphatic heterocycles. The molecule has 2 heterocycles. The fourth-order valence-corrected chi connectivity index (χ4v) is 2.26. The van der Waals surface area contributed by atoms with E-state index < -0.39 is 0 Å². The highest BCUT2D eigenvalue weighted by Crippen LogP contribution is 2.20. The number of rotatable bonds is 8. The van der Waals surface area contributed by atoms with E-state index in [0.717, 1.165) is 42.4 Å². The quantitative estimate of drug-likeness (QED) is 0.570. The van der Waals surface area contributed by atoms with Crippen molar-refractivity contribution in [2.75, 3.05) is 12.3 Å². The van der Waals surface area contributed by atoms with Gasteiger partial charge in [-0.15, -0.1) is 0 Å². The Kier molecular flexibility index (Phi) is 4.92. The minimum absolute atomic E-state index is 0.432. The lowest BCUT2D eigenvalue weighted by Gasteiger charge is -2.16. The van der Waals surface area contributed by atoms with Gasteiger partial charge in [-0.25, -0.2) is 9.97 Å². The third kappa shape index (κ3) is 3.26. The summed E-state index contributed by atoms with van der Waals surface area (Å²) in [5, 5.41) is 0. The molecule has 2 aromatic heterocycles.